The predicted octanol–water partition coefficient (Wildman–Crippen LogP) is 1.59. The second kappa shape index (κ2) is 2.70. The van der Waals surface area contributed by atoms with Crippen LogP contribution in [0.4, 0.5) is 0 Å². The van der Waals surface area contributed by atoms with Gasteiger partial charge in [0.05, 0.1) is 0 Å². The molecule has 1 rings (SSSR count). The van der Waals surface area contributed by atoms with Crippen molar-refractivity contribution in [1.82, 2.24) is 4.90 Å². The molecule has 0 aliphatic heterocycles. The normalized spacial score (nSPS) is 22.7. The average Bonchev–Trinajstić information content (AvgIpc) is 2.40. The third-order valence-corrected chi connectivity index (χ3v) is 2.08. The van der Waals surface area contributed by atoms with Crippen molar-refractivity contribution in [3.05, 3.63) is 0 Å². The lowest BCUT2D eigenvalue weighted by Gasteiger charge is -2.15. The van der Waals surface area contributed by atoms with Gasteiger partial charge < -0.3 is 4.90 Å². The molecule has 0 aromatic rings. The van der Waals surface area contributed by atoms with E-state index in [4.69, 9.17) is 0 Å². The van der Waals surface area contributed by atoms with Crippen molar-refractivity contribution >= 4 is 0 Å². The van der Waals surface area contributed by atoms with Gasteiger partial charge in [0.25, 0.3) is 0 Å². The zero-order chi connectivity index (χ0) is 6.85. The minimum absolute atomic E-state index is 0.931. The Morgan fingerprint density at radius 2 is 2.00 bits per heavy atom. The molecule has 0 spiro atoms. The Morgan fingerprint density at radius 1 is 1.44 bits per heavy atom. The van der Waals surface area contributed by atoms with Crippen LogP contribution in [-0.4, -0.2) is 25.5 Å². The van der Waals surface area contributed by atoms with E-state index in [1.165, 1.54) is 19.4 Å². The molecule has 0 saturated heterocycles. The van der Waals surface area contributed by atoms with E-state index < -0.39 is 0 Å². The maximum atomic E-state index is 2.36. The largest absolute Gasteiger partial charge is 0.309 e. The van der Waals surface area contributed by atoms with Crippen LogP contribution in [0, 0.1) is 11.8 Å². The molecule has 0 amide bonds. The molecular formula is C8H17N. The lowest BCUT2D eigenvalue weighted by Crippen LogP contribution is -2.20. The first-order valence-corrected chi connectivity index (χ1v) is 3.85. The molecule has 0 aromatic heterocycles. The predicted molar refractivity (Wildman–Crippen MR) is 40.4 cm³/mol. The highest BCUT2D eigenvalue weighted by atomic mass is 15.1. The summed E-state index contributed by atoms with van der Waals surface area (Å²) in [6.07, 6.45) is 2.96. The van der Waals surface area contributed by atoms with Gasteiger partial charge in [-0.15, -0.1) is 0 Å². The van der Waals surface area contributed by atoms with Crippen LogP contribution in [0.15, 0.2) is 0 Å². The van der Waals surface area contributed by atoms with Crippen molar-refractivity contribution in [2.24, 2.45) is 11.8 Å². The molecule has 0 N–H and O–H groups in total. The molecule has 1 heteroatoms. The number of hydrogen-bond acceptors (Lipinski definition) is 1. The third-order valence-electron chi connectivity index (χ3n) is 2.08. The third kappa shape index (κ3) is 2.35. The molecule has 1 aliphatic carbocycles. The minimum Gasteiger partial charge on any atom is -0.309 e. The first kappa shape index (κ1) is 7.07. The quantitative estimate of drug-likeness (QED) is 0.556. The van der Waals surface area contributed by atoms with E-state index in [-0.39, 0.29) is 0 Å². The van der Waals surface area contributed by atoms with E-state index in [2.05, 4.69) is 25.9 Å². The van der Waals surface area contributed by atoms with Crippen molar-refractivity contribution in [3.63, 3.8) is 0 Å². The molecule has 54 valence electrons. The number of rotatable bonds is 3. The lowest BCUT2D eigenvalue weighted by molar-refractivity contribution is 0.317. The van der Waals surface area contributed by atoms with Crippen LogP contribution in [0.3, 0.4) is 0 Å². The van der Waals surface area contributed by atoms with E-state index in [1.54, 1.807) is 0 Å². The summed E-state index contributed by atoms with van der Waals surface area (Å²) in [5.41, 5.74) is 0. The van der Waals surface area contributed by atoms with Crippen LogP contribution in [0.25, 0.3) is 0 Å². The van der Waals surface area contributed by atoms with Crippen LogP contribution in [0.5, 0.6) is 0 Å². The first-order chi connectivity index (χ1) is 4.20. The summed E-state index contributed by atoms with van der Waals surface area (Å²) in [5, 5.41) is 0. The van der Waals surface area contributed by atoms with E-state index in [0.717, 1.165) is 11.8 Å². The molecular weight excluding hydrogens is 110 g/mol. The monoisotopic (exact) mass is 127 g/mol. The van der Waals surface area contributed by atoms with Crippen LogP contribution in [-0.2, 0) is 0 Å². The zero-order valence-corrected chi connectivity index (χ0v) is 6.72. The van der Waals surface area contributed by atoms with Crippen molar-refractivity contribution in [3.8, 4) is 0 Å². The van der Waals surface area contributed by atoms with E-state index in [0.29, 0.717) is 0 Å². The van der Waals surface area contributed by atoms with Gasteiger partial charge in [-0.1, -0.05) is 6.92 Å². The molecule has 1 unspecified atom stereocenters. The highest BCUT2D eigenvalue weighted by Crippen LogP contribution is 2.36. The summed E-state index contributed by atoms with van der Waals surface area (Å²) in [5.74, 6) is 1.99. The van der Waals surface area contributed by atoms with Gasteiger partial charge in [-0.05, 0) is 38.8 Å². The molecule has 1 atom stereocenters. The molecule has 0 aromatic carbocycles. The SMILES string of the molecule is CC(CN(C)C)C1CC1. The smallest absolute Gasteiger partial charge is 0.000357 e. The summed E-state index contributed by atoms with van der Waals surface area (Å²) >= 11 is 0. The molecule has 0 heterocycles. The van der Waals surface area contributed by atoms with E-state index in [1.807, 2.05) is 0 Å². The Kier molecular flexibility index (Phi) is 2.12. The van der Waals surface area contributed by atoms with E-state index >= 15 is 0 Å². The van der Waals surface area contributed by atoms with Gasteiger partial charge in [-0.3, -0.25) is 0 Å². The van der Waals surface area contributed by atoms with Crippen LogP contribution >= 0.6 is 0 Å². The maximum absolute atomic E-state index is 2.36. The second-order valence-electron chi connectivity index (χ2n) is 3.58. The highest BCUT2D eigenvalue weighted by molar-refractivity contribution is 4.79. The Bertz CT molecular complexity index is 84.6. The highest BCUT2D eigenvalue weighted by Gasteiger charge is 2.27. The summed E-state index contributed by atoms with van der Waals surface area (Å²) in [6, 6.07) is 0. The summed E-state index contributed by atoms with van der Waals surface area (Å²) in [7, 11) is 4.30. The fourth-order valence-electron chi connectivity index (χ4n) is 1.39. The molecule has 9 heavy (non-hydrogen) atoms. The van der Waals surface area contributed by atoms with Crippen LogP contribution < -0.4 is 0 Å². The average molecular weight is 127 g/mol. The molecule has 1 fully saturated rings. The van der Waals surface area contributed by atoms with Gasteiger partial charge in [-0.2, -0.15) is 0 Å². The lowest BCUT2D eigenvalue weighted by atomic mass is 10.1. The summed E-state index contributed by atoms with van der Waals surface area (Å²) < 4.78 is 0. The Morgan fingerprint density at radius 3 is 2.33 bits per heavy atom. The van der Waals surface area contributed by atoms with Gasteiger partial charge in [0, 0.05) is 6.54 Å². The molecule has 1 saturated carbocycles. The molecule has 1 nitrogen and oxygen atoms in total. The zero-order valence-electron chi connectivity index (χ0n) is 6.72. The minimum atomic E-state index is 0.931. The fourth-order valence-corrected chi connectivity index (χ4v) is 1.39. The van der Waals surface area contributed by atoms with Crippen molar-refractivity contribution in [1.29, 1.82) is 0 Å². The van der Waals surface area contributed by atoms with Gasteiger partial charge in [0.1, 0.15) is 0 Å². The van der Waals surface area contributed by atoms with Gasteiger partial charge >= 0.3 is 0 Å². The van der Waals surface area contributed by atoms with Crippen molar-refractivity contribution in [2.75, 3.05) is 20.6 Å². The first-order valence-electron chi connectivity index (χ1n) is 3.85. The Hall–Kier alpha value is -0.0400. The summed E-state index contributed by atoms with van der Waals surface area (Å²) in [4.78, 5) is 2.28. The summed E-state index contributed by atoms with van der Waals surface area (Å²) in [6.45, 7) is 3.63. The topological polar surface area (TPSA) is 3.24 Å². The van der Waals surface area contributed by atoms with Gasteiger partial charge in [0.2, 0.25) is 0 Å². The Balaban J connectivity index is 2.10. The number of hydrogen-bond donors (Lipinski definition) is 0. The fraction of sp³-hybridized carbons (Fsp3) is 1.00. The molecule has 0 radical (unpaired) electrons. The van der Waals surface area contributed by atoms with Crippen molar-refractivity contribution in [2.45, 2.75) is 19.8 Å². The molecule has 1 aliphatic rings. The van der Waals surface area contributed by atoms with Crippen molar-refractivity contribution < 1.29 is 0 Å². The Labute approximate surface area is 58.0 Å². The maximum Gasteiger partial charge on any atom is 0.000357 e. The molecule has 0 bridgehead atoms. The number of nitrogens with zero attached hydrogens (tertiary/aromatic N) is 1. The van der Waals surface area contributed by atoms with Gasteiger partial charge in [0.15, 0.2) is 0 Å². The standard InChI is InChI=1S/C8H17N/c1-7(6-9(2)3)8-4-5-8/h7-8H,4-6H2,1-3H3. The van der Waals surface area contributed by atoms with Crippen LogP contribution in [0.1, 0.15) is 19.8 Å². The van der Waals surface area contributed by atoms with Crippen LogP contribution in [0.2, 0.25) is 0 Å². The van der Waals surface area contributed by atoms with E-state index in [9.17, 15) is 0 Å². The second-order valence-corrected chi connectivity index (χ2v) is 3.58. The van der Waals surface area contributed by atoms with Gasteiger partial charge in [-0.25, -0.2) is 0 Å².